The topological polar surface area (TPSA) is 79.0 Å². The van der Waals surface area contributed by atoms with Gasteiger partial charge in [-0.2, -0.15) is 5.26 Å². The molecule has 0 fully saturated rings. The molecule has 0 aliphatic heterocycles. The van der Waals surface area contributed by atoms with E-state index in [-0.39, 0.29) is 17.2 Å². The van der Waals surface area contributed by atoms with Crippen LogP contribution in [0.4, 0.5) is 0 Å². The van der Waals surface area contributed by atoms with Crippen molar-refractivity contribution in [3.8, 4) is 6.07 Å². The first kappa shape index (κ1) is 18.9. The first-order chi connectivity index (χ1) is 12.7. The van der Waals surface area contributed by atoms with Crippen LogP contribution in [-0.2, 0) is 11.8 Å². The lowest BCUT2D eigenvalue weighted by Crippen LogP contribution is -2.44. The fraction of sp³-hybridized carbons (Fsp3) is 0.300. The smallest absolute Gasteiger partial charge is 0.261 e. The van der Waals surface area contributed by atoms with Gasteiger partial charge in [0.05, 0.1) is 22.7 Å². The van der Waals surface area contributed by atoms with Gasteiger partial charge in [-0.15, -0.1) is 0 Å². The van der Waals surface area contributed by atoms with Gasteiger partial charge in [0, 0.05) is 14.1 Å². The summed E-state index contributed by atoms with van der Waals surface area (Å²) < 4.78 is 1.46. The Bertz CT molecular complexity index is 1140. The zero-order valence-electron chi connectivity index (χ0n) is 15.7. The maximum Gasteiger partial charge on any atom is 0.261 e. The van der Waals surface area contributed by atoms with Crippen LogP contribution in [0.1, 0.15) is 13.8 Å². The molecule has 0 radical (unpaired) electrons. The molecule has 0 spiro atoms. The molecule has 0 aliphatic rings. The predicted molar refractivity (Wildman–Crippen MR) is 108 cm³/mol. The summed E-state index contributed by atoms with van der Waals surface area (Å²) >= 11 is 1.20. The van der Waals surface area contributed by atoms with Gasteiger partial charge in [0.25, 0.3) is 5.56 Å². The maximum absolute atomic E-state index is 12.7. The van der Waals surface area contributed by atoms with Gasteiger partial charge in [0.1, 0.15) is 5.54 Å². The van der Waals surface area contributed by atoms with E-state index in [1.165, 1.54) is 21.2 Å². The zero-order valence-corrected chi connectivity index (χ0v) is 16.5. The molecule has 0 aliphatic carbocycles. The predicted octanol–water partition coefficient (Wildman–Crippen LogP) is 2.94. The molecule has 1 amide bonds. The molecule has 0 saturated heterocycles. The molecule has 27 heavy (non-hydrogen) atoms. The van der Waals surface area contributed by atoms with Crippen molar-refractivity contribution in [2.24, 2.45) is 7.05 Å². The lowest BCUT2D eigenvalue weighted by Gasteiger charge is -2.29. The lowest BCUT2D eigenvalue weighted by molar-refractivity contribution is -0.130. The van der Waals surface area contributed by atoms with Gasteiger partial charge >= 0.3 is 0 Å². The molecule has 0 bridgehead atoms. The summed E-state index contributed by atoms with van der Waals surface area (Å²) in [5.41, 5.74) is -0.428. The van der Waals surface area contributed by atoms with E-state index in [9.17, 15) is 14.9 Å². The molecule has 7 heteroatoms. The summed E-state index contributed by atoms with van der Waals surface area (Å²) in [5.74, 6) is -0.0968. The quantitative estimate of drug-likeness (QED) is 0.395. The van der Waals surface area contributed by atoms with Crippen molar-refractivity contribution in [1.82, 2.24) is 14.5 Å². The summed E-state index contributed by atoms with van der Waals surface area (Å²) in [5, 5.41) is 12.2. The van der Waals surface area contributed by atoms with Crippen molar-refractivity contribution in [3.63, 3.8) is 0 Å². The third-order valence-corrected chi connectivity index (χ3v) is 5.73. The van der Waals surface area contributed by atoms with Crippen LogP contribution in [0.5, 0.6) is 0 Å². The number of carbonyl (C=O) groups excluding carboxylic acids is 1. The monoisotopic (exact) mass is 380 g/mol. The molecular formula is C20H20N4O2S. The summed E-state index contributed by atoms with van der Waals surface area (Å²) in [6, 6.07) is 13.7. The molecule has 6 nitrogen and oxygen atoms in total. The summed E-state index contributed by atoms with van der Waals surface area (Å²) in [6.45, 7) is 3.37. The molecular weight excluding hydrogens is 360 g/mol. The van der Waals surface area contributed by atoms with Crippen LogP contribution in [-0.4, -0.2) is 38.7 Å². The molecule has 3 aromatic rings. The highest BCUT2D eigenvalue weighted by molar-refractivity contribution is 7.99. The molecule has 138 valence electrons. The second-order valence-corrected chi connectivity index (χ2v) is 7.83. The van der Waals surface area contributed by atoms with Crippen molar-refractivity contribution in [2.45, 2.75) is 24.5 Å². The van der Waals surface area contributed by atoms with Crippen LogP contribution >= 0.6 is 11.8 Å². The summed E-state index contributed by atoms with van der Waals surface area (Å²) in [7, 11) is 3.25. The largest absolute Gasteiger partial charge is 0.327 e. The van der Waals surface area contributed by atoms with Gasteiger partial charge in [0.15, 0.2) is 5.16 Å². The summed E-state index contributed by atoms with van der Waals surface area (Å²) in [6.07, 6.45) is 0. The third kappa shape index (κ3) is 3.53. The van der Waals surface area contributed by atoms with Crippen molar-refractivity contribution >= 4 is 39.3 Å². The number of amides is 1. The number of fused-ring (bicyclic) bond motifs is 2. The average Bonchev–Trinajstić information content (AvgIpc) is 2.67. The maximum atomic E-state index is 12.7. The van der Waals surface area contributed by atoms with Crippen molar-refractivity contribution in [3.05, 3.63) is 46.8 Å². The zero-order chi connectivity index (χ0) is 19.8. The SMILES string of the molecule is CN(C(=O)CSc1nc2cc3ccccc3cc2c(=O)n1C)C(C)(C)C#N. The molecule has 2 aromatic carbocycles. The molecule has 3 rings (SSSR count). The third-order valence-electron chi connectivity index (χ3n) is 4.71. The second kappa shape index (κ2) is 7.05. The van der Waals surface area contributed by atoms with Gasteiger partial charge in [-0.05, 0) is 36.8 Å². The number of thioether (sulfide) groups is 1. The highest BCUT2D eigenvalue weighted by atomic mass is 32.2. The van der Waals surface area contributed by atoms with E-state index >= 15 is 0 Å². The minimum atomic E-state index is -0.890. The Hall–Kier alpha value is -2.85. The van der Waals surface area contributed by atoms with Crippen LogP contribution in [0, 0.1) is 11.3 Å². The number of nitrogens with zero attached hydrogens (tertiary/aromatic N) is 4. The van der Waals surface area contributed by atoms with E-state index in [4.69, 9.17) is 0 Å². The fourth-order valence-electron chi connectivity index (χ4n) is 2.68. The van der Waals surface area contributed by atoms with Crippen LogP contribution in [0.3, 0.4) is 0 Å². The number of nitriles is 1. The first-order valence-electron chi connectivity index (χ1n) is 8.45. The first-order valence-corrected chi connectivity index (χ1v) is 9.43. The number of hydrogen-bond acceptors (Lipinski definition) is 5. The Labute approximate surface area is 161 Å². The molecule has 1 aromatic heterocycles. The van der Waals surface area contributed by atoms with E-state index in [0.29, 0.717) is 16.1 Å². The summed E-state index contributed by atoms with van der Waals surface area (Å²) in [4.78, 5) is 31.1. The van der Waals surface area contributed by atoms with E-state index in [0.717, 1.165) is 10.8 Å². The van der Waals surface area contributed by atoms with E-state index in [1.807, 2.05) is 36.4 Å². The van der Waals surface area contributed by atoms with E-state index in [2.05, 4.69) is 11.1 Å². The second-order valence-electron chi connectivity index (χ2n) is 6.89. The minimum Gasteiger partial charge on any atom is -0.327 e. The number of hydrogen-bond donors (Lipinski definition) is 0. The average molecular weight is 380 g/mol. The Morgan fingerprint density at radius 3 is 2.56 bits per heavy atom. The highest BCUT2D eigenvalue weighted by Gasteiger charge is 2.27. The van der Waals surface area contributed by atoms with Crippen LogP contribution < -0.4 is 5.56 Å². The number of benzene rings is 2. The Balaban J connectivity index is 1.94. The van der Waals surface area contributed by atoms with Crippen LogP contribution in [0.25, 0.3) is 21.7 Å². The number of rotatable bonds is 4. The molecule has 0 saturated carbocycles. The van der Waals surface area contributed by atoms with Gasteiger partial charge in [-0.1, -0.05) is 36.0 Å². The van der Waals surface area contributed by atoms with Crippen molar-refractivity contribution in [2.75, 3.05) is 12.8 Å². The highest BCUT2D eigenvalue weighted by Crippen LogP contribution is 2.23. The molecule has 0 atom stereocenters. The standard InChI is InChI=1S/C20H20N4O2S/c1-20(2,12-21)24(4)17(25)11-27-19-22-16-10-14-8-6-5-7-13(14)9-15(16)18(26)23(19)3/h5-10H,11H2,1-4H3. The van der Waals surface area contributed by atoms with Gasteiger partial charge < -0.3 is 4.90 Å². The van der Waals surface area contributed by atoms with Gasteiger partial charge in [-0.25, -0.2) is 4.98 Å². The fourth-order valence-corrected chi connectivity index (χ4v) is 3.56. The Morgan fingerprint density at radius 1 is 1.30 bits per heavy atom. The molecule has 0 unspecified atom stereocenters. The van der Waals surface area contributed by atoms with Crippen molar-refractivity contribution < 1.29 is 4.79 Å². The van der Waals surface area contributed by atoms with Crippen LogP contribution in [0.2, 0.25) is 0 Å². The van der Waals surface area contributed by atoms with Gasteiger partial charge in [-0.3, -0.25) is 14.2 Å². The number of aromatic nitrogens is 2. The van der Waals surface area contributed by atoms with Crippen molar-refractivity contribution in [1.29, 1.82) is 5.26 Å². The Morgan fingerprint density at radius 2 is 1.93 bits per heavy atom. The molecule has 0 N–H and O–H groups in total. The van der Waals surface area contributed by atoms with E-state index < -0.39 is 5.54 Å². The Kier molecular flexibility index (Phi) is 4.94. The minimum absolute atomic E-state index is 0.0982. The van der Waals surface area contributed by atoms with E-state index in [1.54, 1.807) is 27.9 Å². The normalized spacial score (nSPS) is 11.5. The van der Waals surface area contributed by atoms with Crippen LogP contribution in [0.15, 0.2) is 46.3 Å². The molecule has 1 heterocycles. The van der Waals surface area contributed by atoms with Gasteiger partial charge in [0.2, 0.25) is 5.91 Å². The number of carbonyl (C=O) groups is 1. The lowest BCUT2D eigenvalue weighted by atomic mass is 10.1.